The predicted molar refractivity (Wildman–Crippen MR) is 139 cm³/mol. The Kier molecular flexibility index (Phi) is 13.8. The number of hydrogen-bond acceptors (Lipinski definition) is 6. The first kappa shape index (κ1) is 29.7. The van der Waals surface area contributed by atoms with Crippen molar-refractivity contribution in [1.82, 2.24) is 14.9 Å². The highest BCUT2D eigenvalue weighted by molar-refractivity contribution is 9.10. The lowest BCUT2D eigenvalue weighted by Crippen LogP contribution is -2.42. The Balaban J connectivity index is 1.58. The molecule has 1 aliphatic rings. The molecule has 9 nitrogen and oxygen atoms in total. The molecule has 0 aromatic carbocycles. The number of aromatic nitrogens is 2. The van der Waals surface area contributed by atoms with E-state index < -0.39 is 35.8 Å². The van der Waals surface area contributed by atoms with Crippen molar-refractivity contribution < 1.29 is 19.7 Å². The van der Waals surface area contributed by atoms with E-state index in [9.17, 15) is 24.6 Å². The smallest absolute Gasteiger partial charge is 0.330 e. The van der Waals surface area contributed by atoms with Crippen molar-refractivity contribution in [2.45, 2.75) is 120 Å². The Morgan fingerprint density at radius 2 is 1.60 bits per heavy atom. The normalized spacial score (nSPS) is 22.9. The van der Waals surface area contributed by atoms with Crippen LogP contribution in [0.2, 0.25) is 0 Å². The Bertz CT molecular complexity index is 860. The minimum atomic E-state index is -1.37. The molecule has 4 N–H and O–H groups in total. The number of nitrogens with one attached hydrogen (secondary N) is 2. The average Bonchev–Trinajstić information content (AvgIpc) is 3.11. The molecule has 0 radical (unpaired) electrons. The monoisotopic (exact) mass is 559 g/mol. The van der Waals surface area contributed by atoms with Crippen LogP contribution in [0.5, 0.6) is 0 Å². The summed E-state index contributed by atoms with van der Waals surface area (Å²) in [4.78, 5) is 37.3. The molecular weight excluding hydrogens is 518 g/mol. The number of aliphatic hydroxyl groups excluding tert-OH is 2. The summed E-state index contributed by atoms with van der Waals surface area (Å²) >= 11 is 3.43. The minimum Gasteiger partial charge on any atom is -0.387 e. The standard InChI is InChI=1S/C25H42BrN3O6/c1-2-3-4-5-6-7-8-9-10-11-12-13-14-18(26)23(33)27-17-19-21(31)22(32)24(35-19)29-16-15-20(30)28-25(29)34/h15-16,18-19,21-22,24,31-32H,2-14,17H2,1H3,(H,27,33)(H,28,30,34)/t18?,19-,21-,22-,24-/m1/s1. The van der Waals surface area contributed by atoms with Crippen LogP contribution in [0.4, 0.5) is 0 Å². The molecule has 1 unspecified atom stereocenters. The van der Waals surface area contributed by atoms with E-state index in [-0.39, 0.29) is 17.3 Å². The molecule has 1 aromatic heterocycles. The van der Waals surface area contributed by atoms with Gasteiger partial charge >= 0.3 is 5.69 Å². The molecule has 2 rings (SSSR count). The van der Waals surface area contributed by atoms with Gasteiger partial charge in [0.1, 0.15) is 18.3 Å². The van der Waals surface area contributed by atoms with E-state index >= 15 is 0 Å². The number of carbonyl (C=O) groups excluding carboxylic acids is 1. The molecule has 0 bridgehead atoms. The second kappa shape index (κ2) is 16.3. The second-order valence-electron chi connectivity index (χ2n) is 9.45. The lowest BCUT2D eigenvalue weighted by molar-refractivity contribution is -0.121. The third kappa shape index (κ3) is 10.2. The lowest BCUT2D eigenvalue weighted by Gasteiger charge is -2.17. The van der Waals surface area contributed by atoms with Gasteiger partial charge in [-0.15, -0.1) is 0 Å². The van der Waals surface area contributed by atoms with Crippen LogP contribution >= 0.6 is 15.9 Å². The highest BCUT2D eigenvalue weighted by Crippen LogP contribution is 2.28. The fourth-order valence-corrected chi connectivity index (χ4v) is 4.85. The number of rotatable bonds is 17. The summed E-state index contributed by atoms with van der Waals surface area (Å²) in [5, 5.41) is 23.3. The number of carbonyl (C=O) groups is 1. The number of halogens is 1. The van der Waals surface area contributed by atoms with Gasteiger partial charge in [0.15, 0.2) is 6.23 Å². The summed E-state index contributed by atoms with van der Waals surface area (Å²) in [6.45, 7) is 2.23. The quantitative estimate of drug-likeness (QED) is 0.171. The van der Waals surface area contributed by atoms with E-state index in [0.29, 0.717) is 0 Å². The molecule has 200 valence electrons. The first-order chi connectivity index (χ1) is 16.8. The molecule has 0 aliphatic carbocycles. The molecule has 0 spiro atoms. The van der Waals surface area contributed by atoms with Crippen LogP contribution in [-0.2, 0) is 9.53 Å². The van der Waals surface area contributed by atoms with Crippen LogP contribution in [0, 0.1) is 0 Å². The minimum absolute atomic E-state index is 0.00773. The fraction of sp³-hybridized carbons (Fsp3) is 0.800. The van der Waals surface area contributed by atoms with Gasteiger partial charge in [0, 0.05) is 18.8 Å². The molecule has 35 heavy (non-hydrogen) atoms. The Hall–Kier alpha value is -1.49. The van der Waals surface area contributed by atoms with Gasteiger partial charge < -0.3 is 20.3 Å². The zero-order valence-corrected chi connectivity index (χ0v) is 22.4. The zero-order chi connectivity index (χ0) is 25.6. The van der Waals surface area contributed by atoms with Gasteiger partial charge in [-0.2, -0.15) is 0 Å². The fourth-order valence-electron chi connectivity index (χ4n) is 4.36. The number of aliphatic hydroxyl groups is 2. The van der Waals surface area contributed by atoms with Gasteiger partial charge in [0.2, 0.25) is 5.91 Å². The maximum atomic E-state index is 12.4. The van der Waals surface area contributed by atoms with Gasteiger partial charge in [-0.1, -0.05) is 99.9 Å². The number of aromatic amines is 1. The van der Waals surface area contributed by atoms with Crippen LogP contribution in [0.15, 0.2) is 21.9 Å². The maximum Gasteiger partial charge on any atom is 0.330 e. The summed E-state index contributed by atoms with van der Waals surface area (Å²) in [7, 11) is 0. The Morgan fingerprint density at radius 3 is 2.17 bits per heavy atom. The number of alkyl halides is 1. The van der Waals surface area contributed by atoms with Gasteiger partial charge in [0.05, 0.1) is 4.83 Å². The van der Waals surface area contributed by atoms with E-state index in [2.05, 4.69) is 33.2 Å². The first-order valence-corrected chi connectivity index (χ1v) is 14.0. The summed E-state index contributed by atoms with van der Waals surface area (Å²) in [6.07, 6.45) is 12.4. The van der Waals surface area contributed by atoms with Crippen molar-refractivity contribution in [2.75, 3.05) is 6.54 Å². The van der Waals surface area contributed by atoms with E-state index in [1.54, 1.807) is 0 Å². The molecule has 1 saturated heterocycles. The van der Waals surface area contributed by atoms with Gasteiger partial charge in [-0.05, 0) is 6.42 Å². The molecule has 1 fully saturated rings. The Morgan fingerprint density at radius 1 is 1.03 bits per heavy atom. The van der Waals surface area contributed by atoms with Crippen LogP contribution < -0.4 is 16.6 Å². The number of nitrogens with zero attached hydrogens (tertiary/aromatic N) is 1. The molecule has 10 heteroatoms. The number of amides is 1. The van der Waals surface area contributed by atoms with Gasteiger partial charge in [-0.25, -0.2) is 4.79 Å². The van der Waals surface area contributed by atoms with Crippen molar-refractivity contribution in [1.29, 1.82) is 0 Å². The van der Waals surface area contributed by atoms with Crippen molar-refractivity contribution in [3.8, 4) is 0 Å². The Labute approximate surface area is 215 Å². The maximum absolute atomic E-state index is 12.4. The number of H-pyrrole nitrogens is 1. The number of ether oxygens (including phenoxy) is 1. The molecule has 1 aliphatic heterocycles. The van der Waals surface area contributed by atoms with Crippen molar-refractivity contribution in [2.24, 2.45) is 0 Å². The summed E-state index contributed by atoms with van der Waals surface area (Å²) in [5.74, 6) is -0.206. The first-order valence-electron chi connectivity index (χ1n) is 13.1. The third-order valence-corrected chi connectivity index (χ3v) is 7.41. The lowest BCUT2D eigenvalue weighted by atomic mass is 10.0. The molecule has 1 aromatic rings. The SMILES string of the molecule is CCCCCCCCCCCCCCC(Br)C(=O)NC[C@H]1O[C@@H](n2ccc(=O)[nH]c2=O)[C@H](O)[C@@H]1O. The topological polar surface area (TPSA) is 134 Å². The van der Waals surface area contributed by atoms with Crippen LogP contribution in [-0.4, -0.2) is 55.4 Å². The second-order valence-corrected chi connectivity index (χ2v) is 10.6. The zero-order valence-electron chi connectivity index (χ0n) is 20.8. The molecular formula is C25H42BrN3O6. The number of hydrogen-bond donors (Lipinski definition) is 4. The summed E-state index contributed by atoms with van der Waals surface area (Å²) < 4.78 is 6.62. The van der Waals surface area contributed by atoms with E-state index in [1.165, 1.54) is 70.4 Å². The van der Waals surface area contributed by atoms with Crippen molar-refractivity contribution in [3.63, 3.8) is 0 Å². The van der Waals surface area contributed by atoms with Crippen molar-refractivity contribution in [3.05, 3.63) is 33.1 Å². The van der Waals surface area contributed by atoms with E-state index in [1.807, 2.05) is 0 Å². The molecule has 5 atom stereocenters. The van der Waals surface area contributed by atoms with Gasteiger partial charge in [0.25, 0.3) is 5.56 Å². The predicted octanol–water partition coefficient (Wildman–Crippen LogP) is 3.13. The van der Waals surface area contributed by atoms with Gasteiger partial charge in [-0.3, -0.25) is 19.1 Å². The van der Waals surface area contributed by atoms with E-state index in [4.69, 9.17) is 4.74 Å². The highest BCUT2D eigenvalue weighted by Gasteiger charge is 2.44. The number of unbranched alkanes of at least 4 members (excludes halogenated alkanes) is 11. The van der Waals surface area contributed by atoms with Crippen LogP contribution in [0.3, 0.4) is 0 Å². The van der Waals surface area contributed by atoms with Crippen LogP contribution in [0.1, 0.15) is 96.6 Å². The molecule has 0 saturated carbocycles. The molecule has 1 amide bonds. The van der Waals surface area contributed by atoms with E-state index in [0.717, 1.165) is 29.9 Å². The highest BCUT2D eigenvalue weighted by atomic mass is 79.9. The largest absolute Gasteiger partial charge is 0.387 e. The van der Waals surface area contributed by atoms with Crippen LogP contribution in [0.25, 0.3) is 0 Å². The molecule has 2 heterocycles. The van der Waals surface area contributed by atoms with Crippen molar-refractivity contribution >= 4 is 21.8 Å². The summed E-state index contributed by atoms with van der Waals surface area (Å²) in [5.41, 5.74) is -1.32. The summed E-state index contributed by atoms with van der Waals surface area (Å²) in [6, 6.07) is 1.13. The third-order valence-electron chi connectivity index (χ3n) is 6.54. The average molecular weight is 561 g/mol.